The van der Waals surface area contributed by atoms with E-state index in [2.05, 4.69) is 6.58 Å². The Morgan fingerprint density at radius 3 is 2.83 bits per heavy atom. The van der Waals surface area contributed by atoms with Gasteiger partial charge in [-0.2, -0.15) is 0 Å². The zero-order valence-electron chi connectivity index (χ0n) is 10.5. The number of rotatable bonds is 4. The summed E-state index contributed by atoms with van der Waals surface area (Å²) < 4.78 is 11.9. The average Bonchev–Trinajstić information content (AvgIpc) is 2.36. The van der Waals surface area contributed by atoms with Gasteiger partial charge in [-0.25, -0.2) is 0 Å². The Kier molecular flexibility index (Phi) is 3.48. The van der Waals surface area contributed by atoms with Crippen LogP contribution in [0.15, 0.2) is 35.6 Å². The molecule has 0 fully saturated rings. The topological polar surface area (TPSA) is 40.5 Å². The fraction of sp³-hybridized carbons (Fsp3) is 0.214. The standard InChI is InChI=1S/C14H15NO3/c1-4-15-13(16)6-5-11-7-10(2)8-12(14(11)15)18-9-17-3/h4-8H,1,9H2,2-3H3. The molecule has 4 nitrogen and oxygen atoms in total. The van der Waals surface area contributed by atoms with Gasteiger partial charge in [0, 0.05) is 24.8 Å². The second-order valence-corrected chi connectivity index (χ2v) is 3.98. The number of nitrogens with zero attached hydrogens (tertiary/aromatic N) is 1. The third-order valence-electron chi connectivity index (χ3n) is 2.65. The Balaban J connectivity index is 2.77. The van der Waals surface area contributed by atoms with Gasteiger partial charge in [0.2, 0.25) is 0 Å². The highest BCUT2D eigenvalue weighted by Crippen LogP contribution is 2.26. The van der Waals surface area contributed by atoms with Gasteiger partial charge in [-0.05, 0) is 30.7 Å². The van der Waals surface area contributed by atoms with Gasteiger partial charge >= 0.3 is 0 Å². The highest BCUT2D eigenvalue weighted by atomic mass is 16.7. The lowest BCUT2D eigenvalue weighted by molar-refractivity contribution is 0.0520. The van der Waals surface area contributed by atoms with Crippen LogP contribution in [0.4, 0.5) is 0 Å². The van der Waals surface area contributed by atoms with Gasteiger partial charge < -0.3 is 9.47 Å². The molecular weight excluding hydrogens is 230 g/mol. The molecule has 0 aliphatic rings. The first-order valence-electron chi connectivity index (χ1n) is 5.57. The minimum atomic E-state index is -0.136. The van der Waals surface area contributed by atoms with E-state index >= 15 is 0 Å². The first kappa shape index (κ1) is 12.4. The molecule has 0 N–H and O–H groups in total. The molecule has 2 rings (SSSR count). The fourth-order valence-electron chi connectivity index (χ4n) is 1.92. The number of hydrogen-bond acceptors (Lipinski definition) is 3. The molecular formula is C14H15NO3. The molecule has 0 bridgehead atoms. The molecule has 0 aliphatic heterocycles. The summed E-state index contributed by atoms with van der Waals surface area (Å²) in [6.07, 6.45) is 1.49. The smallest absolute Gasteiger partial charge is 0.255 e. The van der Waals surface area contributed by atoms with Crippen molar-refractivity contribution in [2.24, 2.45) is 0 Å². The quantitative estimate of drug-likeness (QED) is 0.776. The van der Waals surface area contributed by atoms with Crippen LogP contribution < -0.4 is 10.3 Å². The van der Waals surface area contributed by atoms with Crippen molar-refractivity contribution >= 4 is 17.1 Å². The lowest BCUT2D eigenvalue weighted by atomic mass is 10.1. The van der Waals surface area contributed by atoms with E-state index in [1.165, 1.54) is 16.8 Å². The zero-order chi connectivity index (χ0) is 13.1. The number of ether oxygens (including phenoxy) is 2. The van der Waals surface area contributed by atoms with Gasteiger partial charge in [-0.1, -0.05) is 6.58 Å². The minimum absolute atomic E-state index is 0.136. The lowest BCUT2D eigenvalue weighted by Crippen LogP contribution is -2.15. The SMILES string of the molecule is C=Cn1c(=O)ccc2cc(C)cc(OCOC)c21. The molecule has 0 radical (unpaired) electrons. The first-order valence-corrected chi connectivity index (χ1v) is 5.57. The number of aromatic nitrogens is 1. The number of benzene rings is 1. The van der Waals surface area contributed by atoms with Gasteiger partial charge in [0.15, 0.2) is 6.79 Å². The van der Waals surface area contributed by atoms with Crippen molar-refractivity contribution in [2.75, 3.05) is 13.9 Å². The summed E-state index contributed by atoms with van der Waals surface area (Å²) in [4.78, 5) is 11.8. The van der Waals surface area contributed by atoms with Gasteiger partial charge in [0.25, 0.3) is 5.56 Å². The maximum atomic E-state index is 11.8. The first-order chi connectivity index (χ1) is 8.67. The van der Waals surface area contributed by atoms with Crippen molar-refractivity contribution < 1.29 is 9.47 Å². The van der Waals surface area contributed by atoms with E-state index in [-0.39, 0.29) is 12.4 Å². The van der Waals surface area contributed by atoms with Crippen LogP contribution in [0.5, 0.6) is 5.75 Å². The molecule has 0 saturated carbocycles. The summed E-state index contributed by atoms with van der Waals surface area (Å²) in [6.45, 7) is 5.77. The number of hydrogen-bond donors (Lipinski definition) is 0. The van der Waals surface area contributed by atoms with E-state index in [9.17, 15) is 4.79 Å². The van der Waals surface area contributed by atoms with Crippen LogP contribution in [0, 0.1) is 6.92 Å². The van der Waals surface area contributed by atoms with Crippen molar-refractivity contribution in [3.05, 3.63) is 46.8 Å². The van der Waals surface area contributed by atoms with Crippen LogP contribution >= 0.6 is 0 Å². The fourth-order valence-corrected chi connectivity index (χ4v) is 1.92. The van der Waals surface area contributed by atoms with Crippen molar-refractivity contribution in [3.8, 4) is 5.75 Å². The molecule has 1 aromatic heterocycles. The highest BCUT2D eigenvalue weighted by Gasteiger charge is 2.08. The molecule has 18 heavy (non-hydrogen) atoms. The number of aryl methyl sites for hydroxylation is 1. The Labute approximate surface area is 105 Å². The third kappa shape index (κ3) is 2.15. The van der Waals surface area contributed by atoms with Crippen LogP contribution in [0.25, 0.3) is 17.1 Å². The molecule has 0 aliphatic carbocycles. The summed E-state index contributed by atoms with van der Waals surface area (Å²) in [5.74, 6) is 0.615. The average molecular weight is 245 g/mol. The second kappa shape index (κ2) is 5.06. The van der Waals surface area contributed by atoms with Crippen LogP contribution in [0.1, 0.15) is 5.56 Å². The number of pyridine rings is 1. The maximum absolute atomic E-state index is 11.8. The van der Waals surface area contributed by atoms with Crippen molar-refractivity contribution in [1.29, 1.82) is 0 Å². The predicted octanol–water partition coefficient (Wildman–Crippen LogP) is 2.39. The summed E-state index contributed by atoms with van der Waals surface area (Å²) in [5, 5.41) is 0.931. The predicted molar refractivity (Wildman–Crippen MR) is 71.8 cm³/mol. The van der Waals surface area contributed by atoms with Crippen LogP contribution in [-0.2, 0) is 4.74 Å². The molecule has 4 heteroatoms. The molecule has 0 unspecified atom stereocenters. The van der Waals surface area contributed by atoms with Crippen molar-refractivity contribution in [3.63, 3.8) is 0 Å². The number of fused-ring (bicyclic) bond motifs is 1. The lowest BCUT2D eigenvalue weighted by Gasteiger charge is -2.12. The Hall–Kier alpha value is -2.07. The Morgan fingerprint density at radius 1 is 1.39 bits per heavy atom. The van der Waals surface area contributed by atoms with Crippen LogP contribution in [-0.4, -0.2) is 18.5 Å². The Morgan fingerprint density at radius 2 is 2.17 bits per heavy atom. The maximum Gasteiger partial charge on any atom is 0.255 e. The van der Waals surface area contributed by atoms with Gasteiger partial charge in [-0.3, -0.25) is 9.36 Å². The summed E-state index contributed by atoms with van der Waals surface area (Å²) in [7, 11) is 1.55. The largest absolute Gasteiger partial charge is 0.465 e. The van der Waals surface area contributed by atoms with Crippen LogP contribution in [0.3, 0.4) is 0 Å². The molecule has 1 aromatic carbocycles. The van der Waals surface area contributed by atoms with E-state index < -0.39 is 0 Å². The summed E-state index contributed by atoms with van der Waals surface area (Å²) >= 11 is 0. The van der Waals surface area contributed by atoms with Gasteiger partial charge in [-0.15, -0.1) is 0 Å². The van der Waals surface area contributed by atoms with Gasteiger partial charge in [0.05, 0.1) is 5.52 Å². The minimum Gasteiger partial charge on any atom is -0.465 e. The monoisotopic (exact) mass is 245 g/mol. The normalized spacial score (nSPS) is 10.6. The second-order valence-electron chi connectivity index (χ2n) is 3.98. The molecule has 94 valence electrons. The molecule has 0 atom stereocenters. The summed E-state index contributed by atoms with van der Waals surface area (Å²) in [6, 6.07) is 7.17. The van der Waals surface area contributed by atoms with E-state index in [1.54, 1.807) is 13.2 Å². The third-order valence-corrected chi connectivity index (χ3v) is 2.65. The summed E-state index contributed by atoms with van der Waals surface area (Å²) in [5.41, 5.74) is 1.63. The number of methoxy groups -OCH3 is 1. The van der Waals surface area contributed by atoms with E-state index in [0.717, 1.165) is 10.9 Å². The van der Waals surface area contributed by atoms with E-state index in [4.69, 9.17) is 9.47 Å². The van der Waals surface area contributed by atoms with Crippen LogP contribution in [0.2, 0.25) is 0 Å². The van der Waals surface area contributed by atoms with Crippen molar-refractivity contribution in [1.82, 2.24) is 4.57 Å². The molecule has 0 spiro atoms. The molecule has 1 heterocycles. The molecule has 0 amide bonds. The molecule has 0 saturated heterocycles. The van der Waals surface area contributed by atoms with Crippen molar-refractivity contribution in [2.45, 2.75) is 6.92 Å². The Bertz CT molecular complexity index is 643. The van der Waals surface area contributed by atoms with E-state index in [1.807, 2.05) is 19.1 Å². The van der Waals surface area contributed by atoms with E-state index in [0.29, 0.717) is 11.3 Å². The van der Waals surface area contributed by atoms with Gasteiger partial charge in [0.1, 0.15) is 5.75 Å². The zero-order valence-corrected chi connectivity index (χ0v) is 10.5. The highest BCUT2D eigenvalue weighted by molar-refractivity contribution is 5.87. The molecule has 2 aromatic rings.